The van der Waals surface area contributed by atoms with Gasteiger partial charge in [-0.3, -0.25) is 0 Å². The predicted molar refractivity (Wildman–Crippen MR) is 79.9 cm³/mol. The normalized spacial score (nSPS) is 23.8. The fourth-order valence-electron chi connectivity index (χ4n) is 3.23. The summed E-state index contributed by atoms with van der Waals surface area (Å²) < 4.78 is 5.36. The zero-order valence-electron chi connectivity index (χ0n) is 12.5. The average molecular weight is 271 g/mol. The minimum Gasteiger partial charge on any atom is -0.497 e. The quantitative estimate of drug-likeness (QED) is 0.917. The van der Waals surface area contributed by atoms with Gasteiger partial charge in [-0.05, 0) is 36.6 Å². The molecule has 0 bridgehead atoms. The van der Waals surface area contributed by atoms with Crippen molar-refractivity contribution in [1.82, 2.24) is 0 Å². The van der Waals surface area contributed by atoms with Crippen LogP contribution in [0.5, 0.6) is 5.75 Å². The first kappa shape index (κ1) is 13.3. The highest BCUT2D eigenvalue weighted by atomic mass is 16.5. The molecule has 4 heteroatoms. The summed E-state index contributed by atoms with van der Waals surface area (Å²) in [4.78, 5) is 0. The maximum absolute atomic E-state index is 5.95. The van der Waals surface area contributed by atoms with Crippen LogP contribution in [0.1, 0.15) is 38.3 Å². The van der Waals surface area contributed by atoms with E-state index in [2.05, 4.69) is 36.2 Å². The van der Waals surface area contributed by atoms with Crippen LogP contribution >= 0.6 is 0 Å². The number of rotatable bonds is 3. The Bertz CT molecular complexity index is 614. The van der Waals surface area contributed by atoms with Crippen molar-refractivity contribution in [2.45, 2.75) is 44.7 Å². The first-order valence-corrected chi connectivity index (χ1v) is 7.05. The zero-order valence-corrected chi connectivity index (χ0v) is 12.5. The van der Waals surface area contributed by atoms with Crippen molar-refractivity contribution in [2.24, 2.45) is 16.0 Å². The van der Waals surface area contributed by atoms with Gasteiger partial charge in [0.25, 0.3) is 0 Å². The largest absolute Gasteiger partial charge is 0.497 e. The highest BCUT2D eigenvalue weighted by Crippen LogP contribution is 2.52. The summed E-state index contributed by atoms with van der Waals surface area (Å²) in [7, 11) is 1.69. The minimum absolute atomic E-state index is 0.0811. The van der Waals surface area contributed by atoms with Gasteiger partial charge in [0, 0.05) is 17.0 Å². The van der Waals surface area contributed by atoms with Crippen molar-refractivity contribution in [3.63, 3.8) is 0 Å². The molecule has 3 rings (SSSR count). The van der Waals surface area contributed by atoms with Crippen LogP contribution in [0.25, 0.3) is 5.57 Å². The number of nitrogens with zero attached hydrogens (tertiary/aromatic N) is 2. The highest BCUT2D eigenvalue weighted by molar-refractivity contribution is 5.84. The van der Waals surface area contributed by atoms with Crippen molar-refractivity contribution >= 4 is 5.57 Å². The van der Waals surface area contributed by atoms with Gasteiger partial charge in [0.05, 0.1) is 12.8 Å². The molecule has 2 aliphatic rings. The van der Waals surface area contributed by atoms with Crippen molar-refractivity contribution in [2.75, 3.05) is 7.11 Å². The molecule has 106 valence electrons. The second-order valence-corrected chi connectivity index (χ2v) is 6.24. The van der Waals surface area contributed by atoms with Crippen LogP contribution in [-0.4, -0.2) is 19.2 Å². The first-order chi connectivity index (χ1) is 9.45. The van der Waals surface area contributed by atoms with E-state index in [1.165, 1.54) is 16.7 Å². The van der Waals surface area contributed by atoms with E-state index in [4.69, 9.17) is 10.5 Å². The fourth-order valence-corrected chi connectivity index (χ4v) is 3.23. The van der Waals surface area contributed by atoms with E-state index in [1.54, 1.807) is 7.11 Å². The average Bonchev–Trinajstić information content (AvgIpc) is 2.89. The Balaban J connectivity index is 2.11. The maximum Gasteiger partial charge on any atom is 0.119 e. The first-order valence-electron chi connectivity index (χ1n) is 7.05. The number of benzene rings is 1. The smallest absolute Gasteiger partial charge is 0.119 e. The Kier molecular flexibility index (Phi) is 2.94. The third kappa shape index (κ3) is 1.79. The van der Waals surface area contributed by atoms with Crippen molar-refractivity contribution < 1.29 is 4.74 Å². The molecule has 0 saturated heterocycles. The molecule has 4 nitrogen and oxygen atoms in total. The lowest BCUT2D eigenvalue weighted by molar-refractivity contribution is 0.414. The van der Waals surface area contributed by atoms with Crippen molar-refractivity contribution in [3.8, 4) is 5.75 Å². The third-order valence-corrected chi connectivity index (χ3v) is 4.26. The number of azo groups is 1. The number of allylic oxidation sites excluding steroid dienone is 1. The molecule has 2 atom stereocenters. The second-order valence-electron chi connectivity index (χ2n) is 6.24. The van der Waals surface area contributed by atoms with E-state index >= 15 is 0 Å². The van der Waals surface area contributed by atoms with E-state index in [9.17, 15) is 0 Å². The van der Waals surface area contributed by atoms with Gasteiger partial charge in [0.2, 0.25) is 0 Å². The lowest BCUT2D eigenvalue weighted by Crippen LogP contribution is -2.21. The number of fused-ring (bicyclic) bond motifs is 2. The van der Waals surface area contributed by atoms with E-state index in [-0.39, 0.29) is 17.5 Å². The van der Waals surface area contributed by atoms with Gasteiger partial charge in [0.15, 0.2) is 0 Å². The van der Waals surface area contributed by atoms with Gasteiger partial charge in [0.1, 0.15) is 11.8 Å². The lowest BCUT2D eigenvalue weighted by Gasteiger charge is -2.21. The van der Waals surface area contributed by atoms with Crippen LogP contribution in [0.4, 0.5) is 0 Å². The molecule has 0 aromatic heterocycles. The maximum atomic E-state index is 5.95. The monoisotopic (exact) mass is 271 g/mol. The standard InChI is InChI=1S/C16H21N3O/c1-9(17)7-13-14-11-8-10(20-4)5-6-12(11)16(2,3)15(14)19-18-13/h5-6,8-9,13H,7,17H2,1-4H3/t9-,13?/m0/s1. The number of nitrogens with two attached hydrogens (primary N) is 1. The summed E-state index contributed by atoms with van der Waals surface area (Å²) in [5.41, 5.74) is 10.7. The highest BCUT2D eigenvalue weighted by Gasteiger charge is 2.43. The Morgan fingerprint density at radius 1 is 1.40 bits per heavy atom. The predicted octanol–water partition coefficient (Wildman–Crippen LogP) is 3.27. The van der Waals surface area contributed by atoms with Crippen LogP contribution in [0, 0.1) is 0 Å². The molecular weight excluding hydrogens is 250 g/mol. The van der Waals surface area contributed by atoms with Crippen LogP contribution in [0.15, 0.2) is 34.1 Å². The van der Waals surface area contributed by atoms with Crippen LogP contribution in [0.2, 0.25) is 0 Å². The molecule has 0 radical (unpaired) electrons. The third-order valence-electron chi connectivity index (χ3n) is 4.26. The van der Waals surface area contributed by atoms with Gasteiger partial charge in [-0.15, -0.1) is 0 Å². The summed E-state index contributed by atoms with van der Waals surface area (Å²) in [5.74, 6) is 0.875. The van der Waals surface area contributed by atoms with E-state index in [0.29, 0.717) is 0 Å². The fraction of sp³-hybridized carbons (Fsp3) is 0.500. The van der Waals surface area contributed by atoms with Gasteiger partial charge >= 0.3 is 0 Å². The molecule has 0 fully saturated rings. The molecule has 1 aromatic rings. The lowest BCUT2D eigenvalue weighted by atomic mass is 9.85. The molecule has 2 N–H and O–H groups in total. The molecule has 1 aromatic carbocycles. The summed E-state index contributed by atoms with van der Waals surface area (Å²) >= 11 is 0. The van der Waals surface area contributed by atoms with E-state index < -0.39 is 0 Å². The summed E-state index contributed by atoms with van der Waals surface area (Å²) in [5, 5.41) is 8.90. The number of hydrogen-bond donors (Lipinski definition) is 1. The number of hydrogen-bond acceptors (Lipinski definition) is 4. The summed E-state index contributed by atoms with van der Waals surface area (Å²) in [6.45, 7) is 6.42. The molecule has 1 unspecified atom stereocenters. The molecular formula is C16H21N3O. The summed E-state index contributed by atoms with van der Waals surface area (Å²) in [6, 6.07) is 6.45. The molecule has 1 heterocycles. The topological polar surface area (TPSA) is 60.0 Å². The Morgan fingerprint density at radius 3 is 2.80 bits per heavy atom. The van der Waals surface area contributed by atoms with E-state index in [1.807, 2.05) is 13.0 Å². The Labute approximate surface area is 119 Å². The van der Waals surface area contributed by atoms with E-state index in [0.717, 1.165) is 17.9 Å². The second kappa shape index (κ2) is 4.42. The van der Waals surface area contributed by atoms with Gasteiger partial charge in [-0.25, -0.2) is 0 Å². The molecule has 1 aliphatic carbocycles. The van der Waals surface area contributed by atoms with Crippen molar-refractivity contribution in [1.29, 1.82) is 0 Å². The Morgan fingerprint density at radius 2 is 2.15 bits per heavy atom. The molecule has 0 amide bonds. The number of ether oxygens (including phenoxy) is 1. The SMILES string of the molecule is COc1ccc2c(c1)C1=C(N=NC1C[C@H](C)N)C2(C)C. The zero-order chi connectivity index (χ0) is 14.5. The van der Waals surface area contributed by atoms with Gasteiger partial charge in [-0.2, -0.15) is 10.2 Å². The van der Waals surface area contributed by atoms with Crippen LogP contribution in [0.3, 0.4) is 0 Å². The minimum atomic E-state index is -0.0903. The Hall–Kier alpha value is -1.68. The van der Waals surface area contributed by atoms with Gasteiger partial charge < -0.3 is 10.5 Å². The summed E-state index contributed by atoms with van der Waals surface area (Å²) in [6.07, 6.45) is 0.828. The molecule has 0 spiro atoms. The number of methoxy groups -OCH3 is 1. The van der Waals surface area contributed by atoms with Crippen molar-refractivity contribution in [3.05, 3.63) is 35.0 Å². The molecule has 0 saturated carbocycles. The van der Waals surface area contributed by atoms with Crippen LogP contribution < -0.4 is 10.5 Å². The molecule has 1 aliphatic heterocycles. The molecule has 20 heavy (non-hydrogen) atoms. The van der Waals surface area contributed by atoms with Crippen LogP contribution in [-0.2, 0) is 5.41 Å². The van der Waals surface area contributed by atoms with Gasteiger partial charge in [-0.1, -0.05) is 19.9 Å².